The summed E-state index contributed by atoms with van der Waals surface area (Å²) in [6, 6.07) is 7.34. The van der Waals surface area contributed by atoms with E-state index in [-0.39, 0.29) is 11.9 Å². The Morgan fingerprint density at radius 1 is 1.31 bits per heavy atom. The first-order valence-corrected chi connectivity index (χ1v) is 9.51. The van der Waals surface area contributed by atoms with Crippen molar-refractivity contribution in [1.29, 1.82) is 0 Å². The second-order valence-electron chi connectivity index (χ2n) is 7.27. The molecule has 1 aliphatic heterocycles. The van der Waals surface area contributed by atoms with Crippen LogP contribution in [0.2, 0.25) is 0 Å². The molecule has 3 atom stereocenters. The van der Waals surface area contributed by atoms with Crippen molar-refractivity contribution < 1.29 is 9.13 Å². The predicted molar refractivity (Wildman–Crippen MR) is 105 cm³/mol. The van der Waals surface area contributed by atoms with Crippen LogP contribution < -0.4 is 10.6 Å². The smallest absolute Gasteiger partial charge is 0.191 e. The van der Waals surface area contributed by atoms with Gasteiger partial charge in [-0.1, -0.05) is 19.1 Å². The van der Waals surface area contributed by atoms with Gasteiger partial charge in [0, 0.05) is 38.8 Å². The largest absolute Gasteiger partial charge is 0.375 e. The van der Waals surface area contributed by atoms with E-state index in [1.165, 1.54) is 12.1 Å². The van der Waals surface area contributed by atoms with E-state index in [0.717, 1.165) is 31.2 Å². The molecule has 26 heavy (non-hydrogen) atoms. The Balaban J connectivity index is 2.02. The molecule has 1 heterocycles. The Labute approximate surface area is 157 Å². The van der Waals surface area contributed by atoms with Gasteiger partial charge < -0.3 is 15.4 Å². The number of methoxy groups -OCH3 is 1. The van der Waals surface area contributed by atoms with E-state index >= 15 is 0 Å². The highest BCUT2D eigenvalue weighted by Gasteiger charge is 2.31. The maximum Gasteiger partial charge on any atom is 0.191 e. The molecule has 1 aromatic carbocycles. The van der Waals surface area contributed by atoms with Crippen LogP contribution in [0.25, 0.3) is 0 Å². The monoisotopic (exact) mass is 364 g/mol. The average molecular weight is 365 g/mol. The van der Waals surface area contributed by atoms with Gasteiger partial charge in [-0.15, -0.1) is 0 Å². The molecule has 1 aliphatic rings. The standard InChI is InChI=1S/C20H33FN4O/c1-6-22-20(24-18-13-25(14(2)3)12-15(18)4)23-11-19(26-5)16-7-9-17(21)10-8-16/h7-10,14-15,18-19H,6,11-13H2,1-5H3,(H2,22,23,24). The van der Waals surface area contributed by atoms with Crippen molar-refractivity contribution in [2.24, 2.45) is 10.9 Å². The fourth-order valence-corrected chi connectivity index (χ4v) is 3.28. The Hall–Kier alpha value is -1.66. The highest BCUT2D eigenvalue weighted by molar-refractivity contribution is 5.80. The Bertz CT molecular complexity index is 576. The highest BCUT2D eigenvalue weighted by Crippen LogP contribution is 2.19. The predicted octanol–water partition coefficient (Wildman–Crippen LogP) is 2.80. The van der Waals surface area contributed by atoms with Gasteiger partial charge in [0.15, 0.2) is 5.96 Å². The molecule has 146 valence electrons. The van der Waals surface area contributed by atoms with Gasteiger partial charge in [-0.25, -0.2) is 4.39 Å². The van der Waals surface area contributed by atoms with Crippen molar-refractivity contribution in [1.82, 2.24) is 15.5 Å². The summed E-state index contributed by atoms with van der Waals surface area (Å²) in [6.45, 7) is 12.2. The molecule has 2 N–H and O–H groups in total. The van der Waals surface area contributed by atoms with Crippen LogP contribution >= 0.6 is 0 Å². The number of nitrogens with zero attached hydrogens (tertiary/aromatic N) is 2. The molecule has 3 unspecified atom stereocenters. The van der Waals surface area contributed by atoms with Gasteiger partial charge in [0.05, 0.1) is 6.54 Å². The van der Waals surface area contributed by atoms with Gasteiger partial charge in [0.25, 0.3) is 0 Å². The summed E-state index contributed by atoms with van der Waals surface area (Å²) >= 11 is 0. The average Bonchev–Trinajstić information content (AvgIpc) is 2.98. The van der Waals surface area contributed by atoms with Gasteiger partial charge >= 0.3 is 0 Å². The number of aliphatic imine (C=N–C) groups is 1. The van der Waals surface area contributed by atoms with Crippen molar-refractivity contribution in [2.45, 2.75) is 45.9 Å². The zero-order valence-corrected chi connectivity index (χ0v) is 16.6. The van der Waals surface area contributed by atoms with E-state index in [1.807, 2.05) is 0 Å². The highest BCUT2D eigenvalue weighted by atomic mass is 19.1. The Morgan fingerprint density at radius 2 is 2.00 bits per heavy atom. The zero-order valence-electron chi connectivity index (χ0n) is 16.6. The Morgan fingerprint density at radius 3 is 2.54 bits per heavy atom. The summed E-state index contributed by atoms with van der Waals surface area (Å²) < 4.78 is 18.7. The number of rotatable bonds is 7. The van der Waals surface area contributed by atoms with E-state index in [0.29, 0.717) is 24.5 Å². The van der Waals surface area contributed by atoms with Crippen LogP contribution in [0, 0.1) is 11.7 Å². The SMILES string of the molecule is CCNC(=NCC(OC)c1ccc(F)cc1)NC1CN(C(C)C)CC1C. The van der Waals surface area contributed by atoms with Gasteiger partial charge in [-0.2, -0.15) is 0 Å². The first-order valence-electron chi connectivity index (χ1n) is 9.51. The summed E-state index contributed by atoms with van der Waals surface area (Å²) in [5, 5.41) is 6.89. The lowest BCUT2D eigenvalue weighted by Gasteiger charge is -2.22. The number of hydrogen-bond donors (Lipinski definition) is 2. The molecule has 0 saturated carbocycles. The molecule has 0 aliphatic carbocycles. The van der Waals surface area contributed by atoms with E-state index in [9.17, 15) is 4.39 Å². The topological polar surface area (TPSA) is 48.9 Å². The van der Waals surface area contributed by atoms with Crippen molar-refractivity contribution >= 4 is 5.96 Å². The lowest BCUT2D eigenvalue weighted by atomic mass is 10.1. The summed E-state index contributed by atoms with van der Waals surface area (Å²) in [5.74, 6) is 1.13. The number of likely N-dealkylation sites (tertiary alicyclic amines) is 1. The van der Waals surface area contributed by atoms with E-state index < -0.39 is 0 Å². The minimum absolute atomic E-state index is 0.195. The molecule has 0 amide bonds. The quantitative estimate of drug-likeness (QED) is 0.577. The molecule has 5 nitrogen and oxygen atoms in total. The van der Waals surface area contributed by atoms with Crippen molar-refractivity contribution in [3.63, 3.8) is 0 Å². The van der Waals surface area contributed by atoms with Crippen LogP contribution in [-0.2, 0) is 4.74 Å². The molecule has 0 radical (unpaired) electrons. The first kappa shape index (κ1) is 20.6. The van der Waals surface area contributed by atoms with E-state index in [1.54, 1.807) is 19.2 Å². The Kier molecular flexibility index (Phi) is 7.85. The minimum Gasteiger partial charge on any atom is -0.375 e. The fraction of sp³-hybridized carbons (Fsp3) is 0.650. The molecular formula is C20H33FN4O. The van der Waals surface area contributed by atoms with Crippen LogP contribution in [0.4, 0.5) is 4.39 Å². The minimum atomic E-state index is -0.243. The summed E-state index contributed by atoms with van der Waals surface area (Å²) in [4.78, 5) is 7.20. The second-order valence-corrected chi connectivity index (χ2v) is 7.27. The summed E-state index contributed by atoms with van der Waals surface area (Å²) in [7, 11) is 1.66. The van der Waals surface area contributed by atoms with Crippen molar-refractivity contribution in [2.75, 3.05) is 33.3 Å². The van der Waals surface area contributed by atoms with Gasteiger partial charge in [0.2, 0.25) is 0 Å². The maximum atomic E-state index is 13.1. The lowest BCUT2D eigenvalue weighted by Crippen LogP contribution is -2.47. The van der Waals surface area contributed by atoms with E-state index in [4.69, 9.17) is 9.73 Å². The zero-order chi connectivity index (χ0) is 19.1. The van der Waals surface area contributed by atoms with Gasteiger partial charge in [0.1, 0.15) is 11.9 Å². The van der Waals surface area contributed by atoms with Crippen molar-refractivity contribution in [3.05, 3.63) is 35.6 Å². The van der Waals surface area contributed by atoms with Gasteiger partial charge in [-0.3, -0.25) is 9.89 Å². The molecule has 6 heteroatoms. The van der Waals surface area contributed by atoms with E-state index in [2.05, 4.69) is 43.2 Å². The molecule has 0 bridgehead atoms. The normalized spacial score (nSPS) is 22.7. The maximum absolute atomic E-state index is 13.1. The molecule has 1 aromatic rings. The van der Waals surface area contributed by atoms with Crippen LogP contribution in [0.1, 0.15) is 39.4 Å². The molecule has 1 saturated heterocycles. The fourth-order valence-electron chi connectivity index (χ4n) is 3.28. The number of benzene rings is 1. The first-order chi connectivity index (χ1) is 12.4. The van der Waals surface area contributed by atoms with Crippen LogP contribution in [-0.4, -0.2) is 56.2 Å². The molecular weight excluding hydrogens is 331 g/mol. The number of halogens is 1. The molecule has 0 aromatic heterocycles. The number of hydrogen-bond acceptors (Lipinski definition) is 3. The van der Waals surface area contributed by atoms with Crippen LogP contribution in [0.3, 0.4) is 0 Å². The third-order valence-corrected chi connectivity index (χ3v) is 4.98. The summed E-state index contributed by atoms with van der Waals surface area (Å²) in [5.41, 5.74) is 0.925. The van der Waals surface area contributed by atoms with Crippen molar-refractivity contribution in [3.8, 4) is 0 Å². The van der Waals surface area contributed by atoms with Crippen LogP contribution in [0.5, 0.6) is 0 Å². The summed E-state index contributed by atoms with van der Waals surface area (Å²) in [6.07, 6.45) is -0.195. The number of guanidine groups is 1. The third-order valence-electron chi connectivity index (χ3n) is 4.98. The lowest BCUT2D eigenvalue weighted by molar-refractivity contribution is 0.111. The second kappa shape index (κ2) is 9.88. The number of ether oxygens (including phenoxy) is 1. The van der Waals surface area contributed by atoms with Gasteiger partial charge in [-0.05, 0) is 44.4 Å². The molecule has 1 fully saturated rings. The number of nitrogens with one attached hydrogen (secondary N) is 2. The molecule has 2 rings (SSSR count). The molecule has 0 spiro atoms. The van der Waals surface area contributed by atoms with Crippen LogP contribution in [0.15, 0.2) is 29.3 Å². The third kappa shape index (κ3) is 5.68.